The molecule has 0 saturated carbocycles. The van der Waals surface area contributed by atoms with E-state index in [-0.39, 0.29) is 12.3 Å². The summed E-state index contributed by atoms with van der Waals surface area (Å²) in [4.78, 5) is 14.6. The topological polar surface area (TPSA) is 68.0 Å². The minimum absolute atomic E-state index is 0.0729. The second-order valence-corrected chi connectivity index (χ2v) is 3.14. The molecule has 0 aliphatic heterocycles. The molecule has 5 nitrogen and oxygen atoms in total. The Morgan fingerprint density at radius 1 is 1.69 bits per heavy atom. The monoisotopic (exact) mass is 183 g/mol. The molecule has 13 heavy (non-hydrogen) atoms. The van der Waals surface area contributed by atoms with Gasteiger partial charge in [0, 0.05) is 13.0 Å². The lowest BCUT2D eigenvalue weighted by atomic mass is 10.1. The molecule has 1 aromatic heterocycles. The number of carbonyl (C=O) groups is 1. The Labute approximate surface area is 76.4 Å². The van der Waals surface area contributed by atoms with Gasteiger partial charge in [-0.15, -0.1) is 0 Å². The quantitative estimate of drug-likeness (QED) is 0.749. The first-order chi connectivity index (χ1) is 6.00. The molecule has 1 heterocycles. The van der Waals surface area contributed by atoms with Crippen molar-refractivity contribution in [3.8, 4) is 0 Å². The van der Waals surface area contributed by atoms with Gasteiger partial charge in [0.15, 0.2) is 5.82 Å². The standard InChI is InChI=1S/C8H13N3O2/c1-5(4-7(12)13)8-9-6(2)11(3)10-8/h5H,4H2,1-3H3,(H,12,13). The van der Waals surface area contributed by atoms with E-state index in [9.17, 15) is 4.79 Å². The van der Waals surface area contributed by atoms with Crippen LogP contribution >= 0.6 is 0 Å². The minimum atomic E-state index is -0.822. The third kappa shape index (κ3) is 2.27. The third-order valence-corrected chi connectivity index (χ3v) is 1.92. The fraction of sp³-hybridized carbons (Fsp3) is 0.625. The highest BCUT2D eigenvalue weighted by atomic mass is 16.4. The third-order valence-electron chi connectivity index (χ3n) is 1.92. The maximum atomic E-state index is 10.4. The van der Waals surface area contributed by atoms with E-state index in [4.69, 9.17) is 5.11 Å². The second kappa shape index (κ2) is 3.55. The van der Waals surface area contributed by atoms with Crippen LogP contribution in [-0.4, -0.2) is 25.8 Å². The molecule has 0 aliphatic carbocycles. The summed E-state index contributed by atoms with van der Waals surface area (Å²) in [5, 5.41) is 12.7. The first kappa shape index (κ1) is 9.70. The van der Waals surface area contributed by atoms with Crippen molar-refractivity contribution in [1.82, 2.24) is 14.8 Å². The zero-order chi connectivity index (χ0) is 10.0. The summed E-state index contributed by atoms with van der Waals surface area (Å²) in [6.45, 7) is 3.65. The molecule has 1 atom stereocenters. The Morgan fingerprint density at radius 2 is 2.31 bits per heavy atom. The van der Waals surface area contributed by atoms with Gasteiger partial charge in [0.05, 0.1) is 6.42 Å². The van der Waals surface area contributed by atoms with Crippen molar-refractivity contribution in [3.05, 3.63) is 11.6 Å². The predicted molar refractivity (Wildman–Crippen MR) is 46.4 cm³/mol. The normalized spacial score (nSPS) is 12.8. The zero-order valence-electron chi connectivity index (χ0n) is 7.98. The summed E-state index contributed by atoms with van der Waals surface area (Å²) in [7, 11) is 1.79. The van der Waals surface area contributed by atoms with Gasteiger partial charge in [-0.05, 0) is 6.92 Å². The largest absolute Gasteiger partial charge is 0.481 e. The number of rotatable bonds is 3. The zero-order valence-corrected chi connectivity index (χ0v) is 7.98. The molecule has 1 unspecified atom stereocenters. The van der Waals surface area contributed by atoms with Crippen molar-refractivity contribution in [2.24, 2.45) is 7.05 Å². The minimum Gasteiger partial charge on any atom is -0.481 e. The van der Waals surface area contributed by atoms with Crippen LogP contribution in [0, 0.1) is 6.92 Å². The van der Waals surface area contributed by atoms with Gasteiger partial charge >= 0.3 is 5.97 Å². The first-order valence-corrected chi connectivity index (χ1v) is 4.10. The van der Waals surface area contributed by atoms with Crippen molar-refractivity contribution in [1.29, 1.82) is 0 Å². The SMILES string of the molecule is Cc1nc(C(C)CC(=O)O)nn1C. The first-order valence-electron chi connectivity index (χ1n) is 4.10. The number of aliphatic carboxylic acids is 1. The van der Waals surface area contributed by atoms with Crippen LogP contribution in [0.1, 0.15) is 30.9 Å². The maximum Gasteiger partial charge on any atom is 0.304 e. The highest BCUT2D eigenvalue weighted by Gasteiger charge is 2.15. The van der Waals surface area contributed by atoms with E-state index >= 15 is 0 Å². The predicted octanol–water partition coefficient (Wildman–Crippen LogP) is 0.702. The molecule has 0 aromatic carbocycles. The number of hydrogen-bond donors (Lipinski definition) is 1. The van der Waals surface area contributed by atoms with Gasteiger partial charge in [-0.3, -0.25) is 9.48 Å². The van der Waals surface area contributed by atoms with E-state index in [0.29, 0.717) is 5.82 Å². The Balaban J connectivity index is 2.77. The molecule has 72 valence electrons. The van der Waals surface area contributed by atoms with E-state index in [2.05, 4.69) is 10.1 Å². The number of aromatic nitrogens is 3. The second-order valence-electron chi connectivity index (χ2n) is 3.14. The van der Waals surface area contributed by atoms with Crippen molar-refractivity contribution in [2.75, 3.05) is 0 Å². The van der Waals surface area contributed by atoms with Crippen LogP contribution in [0.2, 0.25) is 0 Å². The van der Waals surface area contributed by atoms with Crippen LogP contribution < -0.4 is 0 Å². The van der Waals surface area contributed by atoms with Gasteiger partial charge in [-0.1, -0.05) is 6.92 Å². The lowest BCUT2D eigenvalue weighted by Gasteiger charge is -2.01. The number of carboxylic acid groups (broad SMARTS) is 1. The van der Waals surface area contributed by atoms with Crippen LogP contribution in [0.4, 0.5) is 0 Å². The fourth-order valence-electron chi connectivity index (χ4n) is 1.05. The van der Waals surface area contributed by atoms with Gasteiger partial charge in [-0.2, -0.15) is 5.10 Å². The van der Waals surface area contributed by atoms with Crippen LogP contribution in [0.5, 0.6) is 0 Å². The average Bonchev–Trinajstić information content (AvgIpc) is 2.31. The Hall–Kier alpha value is -1.39. The highest BCUT2D eigenvalue weighted by molar-refractivity contribution is 5.67. The lowest BCUT2D eigenvalue weighted by Crippen LogP contribution is -2.05. The number of hydrogen-bond acceptors (Lipinski definition) is 3. The molecule has 0 amide bonds. The van der Waals surface area contributed by atoms with Crippen LogP contribution in [0.25, 0.3) is 0 Å². The summed E-state index contributed by atoms with van der Waals surface area (Å²) in [5.74, 6) is 0.449. The van der Waals surface area contributed by atoms with Gasteiger partial charge in [0.1, 0.15) is 5.82 Å². The highest BCUT2D eigenvalue weighted by Crippen LogP contribution is 2.14. The van der Waals surface area contributed by atoms with Crippen LogP contribution in [-0.2, 0) is 11.8 Å². The Bertz CT molecular complexity index is 300. The average molecular weight is 183 g/mol. The molecule has 0 saturated heterocycles. The molecular formula is C8H13N3O2. The molecule has 0 fully saturated rings. The lowest BCUT2D eigenvalue weighted by molar-refractivity contribution is -0.137. The van der Waals surface area contributed by atoms with Gasteiger partial charge in [0.25, 0.3) is 0 Å². The number of nitrogens with zero attached hydrogens (tertiary/aromatic N) is 3. The summed E-state index contributed by atoms with van der Waals surface area (Å²) in [5.41, 5.74) is 0. The van der Waals surface area contributed by atoms with E-state index in [1.54, 1.807) is 11.7 Å². The number of aryl methyl sites for hydroxylation is 2. The molecule has 5 heteroatoms. The number of carboxylic acids is 1. The maximum absolute atomic E-state index is 10.4. The molecule has 0 spiro atoms. The molecule has 0 radical (unpaired) electrons. The van der Waals surface area contributed by atoms with Crippen molar-refractivity contribution >= 4 is 5.97 Å². The molecule has 1 N–H and O–H groups in total. The van der Waals surface area contributed by atoms with Gasteiger partial charge < -0.3 is 5.11 Å². The molecule has 0 bridgehead atoms. The van der Waals surface area contributed by atoms with Crippen molar-refractivity contribution < 1.29 is 9.90 Å². The van der Waals surface area contributed by atoms with E-state index in [1.165, 1.54) is 0 Å². The Kier molecular flexibility index (Phi) is 2.65. The van der Waals surface area contributed by atoms with Crippen LogP contribution in [0.3, 0.4) is 0 Å². The van der Waals surface area contributed by atoms with E-state index in [1.807, 2.05) is 13.8 Å². The Morgan fingerprint density at radius 3 is 2.69 bits per heavy atom. The van der Waals surface area contributed by atoms with Crippen molar-refractivity contribution in [2.45, 2.75) is 26.2 Å². The van der Waals surface area contributed by atoms with E-state index in [0.717, 1.165) is 5.82 Å². The van der Waals surface area contributed by atoms with Crippen molar-refractivity contribution in [3.63, 3.8) is 0 Å². The molecular weight excluding hydrogens is 170 g/mol. The molecule has 1 rings (SSSR count). The molecule has 0 aliphatic rings. The fourth-order valence-corrected chi connectivity index (χ4v) is 1.05. The smallest absolute Gasteiger partial charge is 0.304 e. The summed E-state index contributed by atoms with van der Waals surface area (Å²) >= 11 is 0. The summed E-state index contributed by atoms with van der Waals surface area (Å²) < 4.78 is 1.65. The molecule has 1 aromatic rings. The van der Waals surface area contributed by atoms with Gasteiger partial charge in [0.2, 0.25) is 0 Å². The van der Waals surface area contributed by atoms with Crippen LogP contribution in [0.15, 0.2) is 0 Å². The summed E-state index contributed by atoms with van der Waals surface area (Å²) in [6.07, 6.45) is 0.0729. The van der Waals surface area contributed by atoms with E-state index < -0.39 is 5.97 Å². The van der Waals surface area contributed by atoms with Gasteiger partial charge in [-0.25, -0.2) is 4.98 Å². The summed E-state index contributed by atoms with van der Waals surface area (Å²) in [6, 6.07) is 0.